The molecule has 2 aliphatic carbocycles. The van der Waals surface area contributed by atoms with Gasteiger partial charge in [0.1, 0.15) is 0 Å². The largest absolute Gasteiger partial charge is 0.296 e. The van der Waals surface area contributed by atoms with Crippen molar-refractivity contribution in [3.63, 3.8) is 0 Å². The molecule has 0 aromatic rings. The SMILES string of the molecule is C/C=C(Cl)\C(=N/CNC1CCCCC1)C(/C=N\CC)=C(C)CC1CC1. The van der Waals surface area contributed by atoms with Crippen LogP contribution < -0.4 is 5.32 Å². The number of hydrogen-bond donors (Lipinski definition) is 1. The Morgan fingerprint density at radius 2 is 1.88 bits per heavy atom. The third-order valence-corrected chi connectivity index (χ3v) is 5.51. The molecule has 0 aromatic heterocycles. The van der Waals surface area contributed by atoms with Crippen molar-refractivity contribution in [3.8, 4) is 0 Å². The van der Waals surface area contributed by atoms with Crippen molar-refractivity contribution in [3.05, 3.63) is 22.3 Å². The van der Waals surface area contributed by atoms with E-state index >= 15 is 0 Å². The van der Waals surface area contributed by atoms with Crippen LogP contribution in [0.3, 0.4) is 0 Å². The van der Waals surface area contributed by atoms with Crippen LogP contribution in [-0.2, 0) is 0 Å². The molecule has 0 bridgehead atoms. The first-order valence-electron chi connectivity index (χ1n) is 9.95. The van der Waals surface area contributed by atoms with Gasteiger partial charge in [-0.1, -0.05) is 42.5 Å². The van der Waals surface area contributed by atoms with E-state index in [-0.39, 0.29) is 0 Å². The van der Waals surface area contributed by atoms with E-state index in [0.29, 0.717) is 12.7 Å². The third kappa shape index (κ3) is 7.07. The molecule has 2 aliphatic rings. The number of aliphatic imine (C=N–C) groups is 2. The van der Waals surface area contributed by atoms with E-state index < -0.39 is 0 Å². The van der Waals surface area contributed by atoms with Crippen LogP contribution in [0.5, 0.6) is 0 Å². The summed E-state index contributed by atoms with van der Waals surface area (Å²) in [5.74, 6) is 0.844. The summed E-state index contributed by atoms with van der Waals surface area (Å²) in [5.41, 5.74) is 3.36. The van der Waals surface area contributed by atoms with Crippen molar-refractivity contribution >= 4 is 23.5 Å². The lowest BCUT2D eigenvalue weighted by Crippen LogP contribution is -2.31. The molecular formula is C21H34ClN3. The molecular weight excluding hydrogens is 330 g/mol. The molecule has 0 atom stereocenters. The first-order valence-corrected chi connectivity index (χ1v) is 10.3. The molecule has 0 aliphatic heterocycles. The minimum absolute atomic E-state index is 0.604. The lowest BCUT2D eigenvalue weighted by atomic mass is 9.96. The summed E-state index contributed by atoms with van der Waals surface area (Å²) in [7, 11) is 0. The minimum Gasteiger partial charge on any atom is -0.296 e. The van der Waals surface area contributed by atoms with E-state index in [2.05, 4.69) is 24.2 Å². The summed E-state index contributed by atoms with van der Waals surface area (Å²) in [6.45, 7) is 7.64. The monoisotopic (exact) mass is 363 g/mol. The Labute approximate surface area is 158 Å². The van der Waals surface area contributed by atoms with Gasteiger partial charge in [0.15, 0.2) is 0 Å². The predicted octanol–water partition coefficient (Wildman–Crippen LogP) is 5.66. The Bertz CT molecular complexity index is 535. The highest BCUT2D eigenvalue weighted by molar-refractivity contribution is 6.48. The van der Waals surface area contributed by atoms with Crippen molar-refractivity contribution < 1.29 is 0 Å². The van der Waals surface area contributed by atoms with Gasteiger partial charge in [0, 0.05) is 24.4 Å². The zero-order valence-corrected chi connectivity index (χ0v) is 16.9. The van der Waals surface area contributed by atoms with E-state index in [4.69, 9.17) is 16.6 Å². The van der Waals surface area contributed by atoms with Crippen molar-refractivity contribution in [2.45, 2.75) is 78.2 Å². The Morgan fingerprint density at radius 1 is 1.16 bits per heavy atom. The first kappa shape index (κ1) is 20.4. The second-order valence-corrected chi connectivity index (χ2v) is 7.72. The van der Waals surface area contributed by atoms with E-state index in [1.54, 1.807) is 0 Å². The highest BCUT2D eigenvalue weighted by Crippen LogP contribution is 2.36. The quantitative estimate of drug-likeness (QED) is 0.527. The highest BCUT2D eigenvalue weighted by Gasteiger charge is 2.23. The van der Waals surface area contributed by atoms with Crippen LogP contribution in [0.4, 0.5) is 0 Å². The molecule has 0 aromatic carbocycles. The maximum absolute atomic E-state index is 6.53. The van der Waals surface area contributed by atoms with Crippen molar-refractivity contribution in [1.29, 1.82) is 0 Å². The smallest absolute Gasteiger partial charge is 0.0894 e. The molecule has 0 unspecified atom stereocenters. The Hall–Kier alpha value is -0.930. The van der Waals surface area contributed by atoms with Gasteiger partial charge >= 0.3 is 0 Å². The Morgan fingerprint density at radius 3 is 2.48 bits per heavy atom. The number of nitrogens with zero attached hydrogens (tertiary/aromatic N) is 2. The summed E-state index contributed by atoms with van der Waals surface area (Å²) >= 11 is 6.53. The predicted molar refractivity (Wildman–Crippen MR) is 111 cm³/mol. The second-order valence-electron chi connectivity index (χ2n) is 7.31. The molecule has 2 rings (SSSR count). The fourth-order valence-corrected chi connectivity index (χ4v) is 3.57. The fraction of sp³-hybridized carbons (Fsp3) is 0.714. The Kier molecular flexibility index (Phi) is 8.91. The number of allylic oxidation sites excluding steroid dienone is 4. The van der Waals surface area contributed by atoms with Crippen LogP contribution in [0, 0.1) is 5.92 Å². The number of halogens is 1. The van der Waals surface area contributed by atoms with Crippen molar-refractivity contribution in [2.75, 3.05) is 13.2 Å². The molecule has 2 saturated carbocycles. The van der Waals surface area contributed by atoms with Crippen LogP contribution in [0.1, 0.15) is 72.1 Å². The van der Waals surface area contributed by atoms with E-state index in [0.717, 1.165) is 35.2 Å². The maximum Gasteiger partial charge on any atom is 0.0894 e. The zero-order chi connectivity index (χ0) is 18.1. The Balaban J connectivity index is 2.15. The third-order valence-electron chi connectivity index (χ3n) is 5.11. The highest BCUT2D eigenvalue weighted by atomic mass is 35.5. The molecule has 0 heterocycles. The van der Waals surface area contributed by atoms with Crippen molar-refractivity contribution in [1.82, 2.24) is 5.32 Å². The van der Waals surface area contributed by atoms with Gasteiger partial charge in [-0.25, -0.2) is 0 Å². The number of nitrogens with one attached hydrogen (secondary N) is 1. The lowest BCUT2D eigenvalue weighted by Gasteiger charge is -2.22. The van der Waals surface area contributed by atoms with Crippen LogP contribution in [0.15, 0.2) is 32.2 Å². The average Bonchev–Trinajstić information content (AvgIpc) is 3.44. The van der Waals surface area contributed by atoms with Gasteiger partial charge in [-0.05, 0) is 58.8 Å². The second kappa shape index (κ2) is 10.9. The van der Waals surface area contributed by atoms with Crippen LogP contribution in [0.25, 0.3) is 0 Å². The molecule has 4 heteroatoms. The van der Waals surface area contributed by atoms with E-state index in [9.17, 15) is 0 Å². The summed E-state index contributed by atoms with van der Waals surface area (Å²) in [4.78, 5) is 9.33. The normalized spacial score (nSPS) is 21.8. The summed E-state index contributed by atoms with van der Waals surface area (Å²) in [5, 5.41) is 4.31. The maximum atomic E-state index is 6.53. The van der Waals surface area contributed by atoms with E-state index in [1.807, 2.05) is 19.2 Å². The molecule has 0 saturated heterocycles. The lowest BCUT2D eigenvalue weighted by molar-refractivity contribution is 0.378. The standard InChI is InChI=1S/C21H34ClN3/c1-4-20(22)21(25-15-24-18-9-7-6-8-10-18)19(14-23-5-2)16(3)13-17-11-12-17/h4,14,17-18,24H,5-13,15H2,1-3H3/b19-16?,20-4+,23-14-,25-21-. The fourth-order valence-electron chi connectivity index (χ4n) is 3.41. The number of hydrogen-bond acceptors (Lipinski definition) is 3. The molecule has 0 spiro atoms. The van der Waals surface area contributed by atoms with Crippen LogP contribution in [0.2, 0.25) is 0 Å². The molecule has 3 nitrogen and oxygen atoms in total. The van der Waals surface area contributed by atoms with Crippen molar-refractivity contribution in [2.24, 2.45) is 15.9 Å². The summed E-state index contributed by atoms with van der Waals surface area (Å²) in [6, 6.07) is 0.604. The zero-order valence-electron chi connectivity index (χ0n) is 16.2. The summed E-state index contributed by atoms with van der Waals surface area (Å²) in [6.07, 6.45) is 14.3. The van der Waals surface area contributed by atoms with Gasteiger partial charge in [0.05, 0.1) is 17.4 Å². The van der Waals surface area contributed by atoms with Gasteiger partial charge in [-0.3, -0.25) is 15.3 Å². The van der Waals surface area contributed by atoms with Gasteiger partial charge < -0.3 is 0 Å². The minimum atomic E-state index is 0.604. The summed E-state index contributed by atoms with van der Waals surface area (Å²) < 4.78 is 0. The van der Waals surface area contributed by atoms with Crippen LogP contribution in [-0.4, -0.2) is 31.2 Å². The van der Waals surface area contributed by atoms with Gasteiger partial charge in [0.25, 0.3) is 0 Å². The molecule has 1 N–H and O–H groups in total. The van der Waals surface area contributed by atoms with Gasteiger partial charge in [0.2, 0.25) is 0 Å². The van der Waals surface area contributed by atoms with Gasteiger partial charge in [-0.15, -0.1) is 0 Å². The van der Waals surface area contributed by atoms with Crippen LogP contribution >= 0.6 is 11.6 Å². The van der Waals surface area contributed by atoms with Gasteiger partial charge in [-0.2, -0.15) is 0 Å². The first-order chi connectivity index (χ1) is 12.2. The molecule has 140 valence electrons. The molecule has 0 radical (unpaired) electrons. The topological polar surface area (TPSA) is 36.8 Å². The molecule has 2 fully saturated rings. The molecule has 25 heavy (non-hydrogen) atoms. The number of rotatable bonds is 9. The van der Waals surface area contributed by atoms with E-state index in [1.165, 1.54) is 50.5 Å². The average molecular weight is 364 g/mol. The molecule has 0 amide bonds.